The molecule has 19 heavy (non-hydrogen) atoms. The van der Waals surface area contributed by atoms with Crippen molar-refractivity contribution >= 4 is 12.0 Å². The lowest BCUT2D eigenvalue weighted by atomic mass is 9.88. The van der Waals surface area contributed by atoms with Gasteiger partial charge in [-0.25, -0.2) is 4.79 Å². The van der Waals surface area contributed by atoms with E-state index < -0.39 is 11.4 Å². The van der Waals surface area contributed by atoms with Gasteiger partial charge in [0.2, 0.25) is 0 Å². The van der Waals surface area contributed by atoms with Gasteiger partial charge in [0.15, 0.2) is 0 Å². The summed E-state index contributed by atoms with van der Waals surface area (Å²) >= 11 is 0. The van der Waals surface area contributed by atoms with E-state index in [-0.39, 0.29) is 12.6 Å². The molecule has 1 rings (SSSR count). The largest absolute Gasteiger partial charge is 0.481 e. The molecule has 110 valence electrons. The number of nitrogens with zero attached hydrogens (tertiary/aromatic N) is 1. The van der Waals surface area contributed by atoms with Crippen molar-refractivity contribution in [3.8, 4) is 0 Å². The van der Waals surface area contributed by atoms with E-state index in [4.69, 9.17) is 0 Å². The van der Waals surface area contributed by atoms with Crippen molar-refractivity contribution < 1.29 is 14.7 Å². The van der Waals surface area contributed by atoms with Crippen molar-refractivity contribution in [2.75, 3.05) is 13.1 Å². The van der Waals surface area contributed by atoms with E-state index in [0.29, 0.717) is 12.5 Å². The van der Waals surface area contributed by atoms with Crippen molar-refractivity contribution in [1.29, 1.82) is 0 Å². The molecule has 0 aromatic carbocycles. The first-order chi connectivity index (χ1) is 8.94. The summed E-state index contributed by atoms with van der Waals surface area (Å²) in [5.74, 6) is -0.859. The first kappa shape index (κ1) is 15.8. The molecule has 2 amide bonds. The molecule has 0 saturated heterocycles. The second-order valence-electron chi connectivity index (χ2n) is 5.66. The van der Waals surface area contributed by atoms with Gasteiger partial charge in [-0.2, -0.15) is 0 Å². The predicted molar refractivity (Wildman–Crippen MR) is 74.1 cm³/mol. The highest BCUT2D eigenvalue weighted by Crippen LogP contribution is 2.27. The molecule has 0 bridgehead atoms. The van der Waals surface area contributed by atoms with E-state index in [1.807, 2.05) is 11.8 Å². The molecule has 0 spiro atoms. The summed E-state index contributed by atoms with van der Waals surface area (Å²) in [5.41, 5.74) is -0.879. The summed E-state index contributed by atoms with van der Waals surface area (Å²) < 4.78 is 0. The highest BCUT2D eigenvalue weighted by Gasteiger charge is 2.35. The number of carbonyl (C=O) groups is 2. The summed E-state index contributed by atoms with van der Waals surface area (Å²) in [7, 11) is 0. The number of hydrogen-bond acceptors (Lipinski definition) is 2. The maximum absolute atomic E-state index is 12.1. The number of carbonyl (C=O) groups excluding carboxylic acids is 1. The number of rotatable bonds is 8. The Morgan fingerprint density at radius 2 is 2.00 bits per heavy atom. The number of amides is 2. The van der Waals surface area contributed by atoms with Gasteiger partial charge in [0, 0.05) is 19.1 Å². The van der Waals surface area contributed by atoms with E-state index in [2.05, 4.69) is 12.2 Å². The van der Waals surface area contributed by atoms with Crippen molar-refractivity contribution in [3.63, 3.8) is 0 Å². The SMILES string of the molecule is CCCCN(C(=O)NCC(C)(CC)C(=O)O)C1CC1. The van der Waals surface area contributed by atoms with Crippen LogP contribution in [0.2, 0.25) is 0 Å². The van der Waals surface area contributed by atoms with Gasteiger partial charge in [0.25, 0.3) is 0 Å². The molecule has 0 heterocycles. The molecule has 1 saturated carbocycles. The van der Waals surface area contributed by atoms with Gasteiger partial charge < -0.3 is 15.3 Å². The molecule has 0 radical (unpaired) electrons. The summed E-state index contributed by atoms with van der Waals surface area (Å²) in [5, 5.41) is 12.0. The van der Waals surface area contributed by atoms with Crippen LogP contribution in [-0.4, -0.2) is 41.1 Å². The number of carboxylic acid groups (broad SMARTS) is 1. The lowest BCUT2D eigenvalue weighted by molar-refractivity contribution is -0.147. The molecule has 1 atom stereocenters. The highest BCUT2D eigenvalue weighted by molar-refractivity contribution is 5.78. The molecule has 1 unspecified atom stereocenters. The van der Waals surface area contributed by atoms with Crippen LogP contribution in [0.1, 0.15) is 52.9 Å². The lowest BCUT2D eigenvalue weighted by Gasteiger charge is -2.27. The predicted octanol–water partition coefficient (Wildman–Crippen LogP) is 2.46. The second-order valence-corrected chi connectivity index (χ2v) is 5.66. The molecule has 1 aliphatic rings. The molecule has 0 aromatic heterocycles. The molecule has 1 fully saturated rings. The monoisotopic (exact) mass is 270 g/mol. The Labute approximate surface area is 115 Å². The minimum atomic E-state index is -0.879. The Bertz CT molecular complexity index is 329. The molecule has 5 nitrogen and oxygen atoms in total. The zero-order chi connectivity index (χ0) is 14.5. The number of hydrogen-bond donors (Lipinski definition) is 2. The zero-order valence-corrected chi connectivity index (χ0v) is 12.2. The maximum atomic E-state index is 12.1. The van der Waals surface area contributed by atoms with Crippen LogP contribution in [0.25, 0.3) is 0 Å². The topological polar surface area (TPSA) is 69.6 Å². The number of aliphatic carboxylic acids is 1. The van der Waals surface area contributed by atoms with E-state index >= 15 is 0 Å². The molecule has 5 heteroatoms. The summed E-state index contributed by atoms with van der Waals surface area (Å²) in [4.78, 5) is 25.2. The van der Waals surface area contributed by atoms with Gasteiger partial charge in [0.05, 0.1) is 5.41 Å². The van der Waals surface area contributed by atoms with E-state index in [9.17, 15) is 14.7 Å². The number of urea groups is 1. The van der Waals surface area contributed by atoms with E-state index in [1.165, 1.54) is 0 Å². The number of carboxylic acids is 1. The Morgan fingerprint density at radius 3 is 2.42 bits per heavy atom. The molecule has 1 aliphatic carbocycles. The Morgan fingerprint density at radius 1 is 1.37 bits per heavy atom. The van der Waals surface area contributed by atoms with Gasteiger partial charge >= 0.3 is 12.0 Å². The summed E-state index contributed by atoms with van der Waals surface area (Å²) in [6.45, 7) is 6.55. The van der Waals surface area contributed by atoms with Gasteiger partial charge in [0.1, 0.15) is 0 Å². The Balaban J connectivity index is 2.49. The fraction of sp³-hybridized carbons (Fsp3) is 0.857. The summed E-state index contributed by atoms with van der Waals surface area (Å²) in [6.07, 6.45) is 4.69. The minimum Gasteiger partial charge on any atom is -0.481 e. The number of unbranched alkanes of at least 4 members (excludes halogenated alkanes) is 1. The van der Waals surface area contributed by atoms with Crippen LogP contribution in [0.4, 0.5) is 4.79 Å². The fourth-order valence-corrected chi connectivity index (χ4v) is 1.89. The standard InChI is InChI=1S/C14H26N2O3/c1-4-6-9-16(11-7-8-11)13(19)15-10-14(3,5-2)12(17)18/h11H,4-10H2,1-3H3,(H,15,19)(H,17,18). The van der Waals surface area contributed by atoms with E-state index in [0.717, 1.165) is 32.2 Å². The van der Waals surface area contributed by atoms with Gasteiger partial charge in [-0.1, -0.05) is 20.3 Å². The van der Waals surface area contributed by atoms with Crippen molar-refractivity contribution in [2.24, 2.45) is 5.41 Å². The molecular formula is C14H26N2O3. The number of nitrogens with one attached hydrogen (secondary N) is 1. The molecule has 2 N–H and O–H groups in total. The summed E-state index contributed by atoms with van der Waals surface area (Å²) in [6, 6.07) is 0.251. The van der Waals surface area contributed by atoms with Crippen LogP contribution >= 0.6 is 0 Å². The van der Waals surface area contributed by atoms with Crippen LogP contribution in [0.3, 0.4) is 0 Å². The van der Waals surface area contributed by atoms with Crippen molar-refractivity contribution in [1.82, 2.24) is 10.2 Å². The average molecular weight is 270 g/mol. The smallest absolute Gasteiger partial charge is 0.317 e. The van der Waals surface area contributed by atoms with Crippen LogP contribution < -0.4 is 5.32 Å². The quantitative estimate of drug-likeness (QED) is 0.712. The fourth-order valence-electron chi connectivity index (χ4n) is 1.89. The van der Waals surface area contributed by atoms with Crippen LogP contribution in [-0.2, 0) is 4.79 Å². The first-order valence-corrected chi connectivity index (χ1v) is 7.22. The van der Waals surface area contributed by atoms with Gasteiger partial charge in [-0.05, 0) is 32.6 Å². The van der Waals surface area contributed by atoms with Crippen LogP contribution in [0.15, 0.2) is 0 Å². The van der Waals surface area contributed by atoms with Crippen LogP contribution in [0.5, 0.6) is 0 Å². The molecular weight excluding hydrogens is 244 g/mol. The Hall–Kier alpha value is -1.26. The minimum absolute atomic E-state index is 0.114. The van der Waals surface area contributed by atoms with Crippen LogP contribution in [0, 0.1) is 5.41 Å². The van der Waals surface area contributed by atoms with Gasteiger partial charge in [-0.15, -0.1) is 0 Å². The normalized spacial score (nSPS) is 17.6. The second kappa shape index (κ2) is 6.78. The van der Waals surface area contributed by atoms with Crippen molar-refractivity contribution in [2.45, 2.75) is 58.9 Å². The average Bonchev–Trinajstić information content (AvgIpc) is 3.20. The van der Waals surface area contributed by atoms with Crippen molar-refractivity contribution in [3.05, 3.63) is 0 Å². The van der Waals surface area contributed by atoms with E-state index in [1.54, 1.807) is 6.92 Å². The Kier molecular flexibility index (Phi) is 5.63. The highest BCUT2D eigenvalue weighted by atomic mass is 16.4. The third-order valence-corrected chi connectivity index (χ3v) is 3.93. The molecule has 0 aliphatic heterocycles. The zero-order valence-electron chi connectivity index (χ0n) is 12.2. The third-order valence-electron chi connectivity index (χ3n) is 3.93. The third kappa shape index (κ3) is 4.40. The maximum Gasteiger partial charge on any atom is 0.317 e. The first-order valence-electron chi connectivity index (χ1n) is 7.22. The molecule has 0 aromatic rings. The van der Waals surface area contributed by atoms with Gasteiger partial charge in [-0.3, -0.25) is 4.79 Å². The lowest BCUT2D eigenvalue weighted by Crippen LogP contribution is -2.47.